The van der Waals surface area contributed by atoms with Gasteiger partial charge in [0.1, 0.15) is 5.75 Å². The number of carbonyl (C=O) groups excluding carboxylic acids is 2. The molecule has 3 aromatic rings. The molecule has 7 heteroatoms. The zero-order valence-corrected chi connectivity index (χ0v) is 17.5. The standard InChI is InChI=1S/C25H22N2O5/c1-32-20-8-9-21-19(12-20)13-23(28)22(11-17-3-2-10-26-14-17)27(24(21)29)15-16-4-6-18(7-5-16)25(30)31/h2-10,12,14,22H,11,13,15H2,1H3,(H,30,31)/t22-/m1/s1. The number of carboxylic acid groups (broad SMARTS) is 1. The van der Waals surface area contributed by atoms with Crippen molar-refractivity contribution < 1.29 is 24.2 Å². The Kier molecular flexibility index (Phi) is 5.98. The molecule has 1 aliphatic rings. The van der Waals surface area contributed by atoms with Crippen molar-refractivity contribution in [3.05, 3.63) is 94.8 Å². The van der Waals surface area contributed by atoms with Crippen LogP contribution in [0.4, 0.5) is 0 Å². The predicted molar refractivity (Wildman–Crippen MR) is 117 cm³/mol. The smallest absolute Gasteiger partial charge is 0.335 e. The maximum atomic E-state index is 13.6. The van der Waals surface area contributed by atoms with Crippen LogP contribution in [0.1, 0.15) is 37.4 Å². The summed E-state index contributed by atoms with van der Waals surface area (Å²) in [5, 5.41) is 9.14. The molecule has 0 unspecified atom stereocenters. The number of methoxy groups -OCH3 is 1. The van der Waals surface area contributed by atoms with E-state index < -0.39 is 12.0 Å². The van der Waals surface area contributed by atoms with Crippen LogP contribution >= 0.6 is 0 Å². The van der Waals surface area contributed by atoms with Crippen LogP contribution in [0.15, 0.2) is 67.0 Å². The van der Waals surface area contributed by atoms with Crippen LogP contribution in [0, 0.1) is 0 Å². The van der Waals surface area contributed by atoms with Crippen molar-refractivity contribution in [3.8, 4) is 5.75 Å². The maximum absolute atomic E-state index is 13.6. The summed E-state index contributed by atoms with van der Waals surface area (Å²) >= 11 is 0. The lowest BCUT2D eigenvalue weighted by Gasteiger charge is -2.29. The molecule has 1 aromatic heterocycles. The lowest BCUT2D eigenvalue weighted by Crippen LogP contribution is -2.44. The van der Waals surface area contributed by atoms with Gasteiger partial charge in [-0.2, -0.15) is 0 Å². The van der Waals surface area contributed by atoms with Gasteiger partial charge in [0.15, 0.2) is 5.78 Å². The first kappa shape index (κ1) is 21.2. The summed E-state index contributed by atoms with van der Waals surface area (Å²) in [7, 11) is 1.54. The fraction of sp³-hybridized carbons (Fsp3) is 0.200. The Hall–Kier alpha value is -4.00. The van der Waals surface area contributed by atoms with Crippen LogP contribution in [0.5, 0.6) is 5.75 Å². The summed E-state index contributed by atoms with van der Waals surface area (Å²) < 4.78 is 5.27. The van der Waals surface area contributed by atoms with E-state index >= 15 is 0 Å². The molecule has 0 radical (unpaired) electrons. The molecule has 0 bridgehead atoms. The second kappa shape index (κ2) is 9.01. The van der Waals surface area contributed by atoms with Crippen molar-refractivity contribution in [1.29, 1.82) is 0 Å². The van der Waals surface area contributed by atoms with E-state index in [9.17, 15) is 14.4 Å². The second-order valence-corrected chi connectivity index (χ2v) is 7.68. The van der Waals surface area contributed by atoms with Crippen LogP contribution in [0.3, 0.4) is 0 Å². The SMILES string of the molecule is COc1ccc2c(c1)CC(=O)[C@@H](Cc1cccnc1)N(Cc1ccc(C(=O)O)cc1)C2=O. The Bertz CT molecular complexity index is 1160. The minimum absolute atomic E-state index is 0.0728. The molecule has 0 saturated carbocycles. The number of amides is 1. The Morgan fingerprint density at radius 1 is 1.12 bits per heavy atom. The number of aromatic nitrogens is 1. The molecule has 0 spiro atoms. The van der Waals surface area contributed by atoms with Crippen molar-refractivity contribution in [2.45, 2.75) is 25.4 Å². The van der Waals surface area contributed by atoms with Gasteiger partial charge in [0, 0.05) is 37.3 Å². The van der Waals surface area contributed by atoms with Gasteiger partial charge in [0.2, 0.25) is 0 Å². The first-order chi connectivity index (χ1) is 15.5. The third-order valence-corrected chi connectivity index (χ3v) is 5.62. The van der Waals surface area contributed by atoms with E-state index in [0.29, 0.717) is 23.3 Å². The Morgan fingerprint density at radius 2 is 1.91 bits per heavy atom. The number of ketones is 1. The molecule has 1 aliphatic heterocycles. The number of carbonyl (C=O) groups is 3. The number of aromatic carboxylic acids is 1. The van der Waals surface area contributed by atoms with Crippen LogP contribution in [-0.2, 0) is 24.2 Å². The topological polar surface area (TPSA) is 96.8 Å². The first-order valence-corrected chi connectivity index (χ1v) is 10.2. The largest absolute Gasteiger partial charge is 0.497 e. The van der Waals surface area contributed by atoms with Gasteiger partial charge in [0.25, 0.3) is 5.91 Å². The highest BCUT2D eigenvalue weighted by Crippen LogP contribution is 2.27. The van der Waals surface area contributed by atoms with E-state index in [1.54, 1.807) is 60.8 Å². The highest BCUT2D eigenvalue weighted by Gasteiger charge is 2.35. The molecule has 2 heterocycles. The summed E-state index contributed by atoms with van der Waals surface area (Å²) in [4.78, 5) is 43.8. The van der Waals surface area contributed by atoms with Crippen molar-refractivity contribution in [2.75, 3.05) is 7.11 Å². The Morgan fingerprint density at radius 3 is 2.56 bits per heavy atom. The van der Waals surface area contributed by atoms with Gasteiger partial charge in [-0.15, -0.1) is 0 Å². The fourth-order valence-electron chi connectivity index (χ4n) is 3.93. The van der Waals surface area contributed by atoms with Crippen molar-refractivity contribution >= 4 is 17.7 Å². The molecule has 4 rings (SSSR count). The quantitative estimate of drug-likeness (QED) is 0.645. The predicted octanol–water partition coefficient (Wildman–Crippen LogP) is 3.17. The van der Waals surface area contributed by atoms with Crippen LogP contribution < -0.4 is 4.74 Å². The lowest BCUT2D eigenvalue weighted by atomic mass is 9.98. The number of nitrogens with zero attached hydrogens (tertiary/aromatic N) is 2. The molecule has 1 atom stereocenters. The van der Waals surface area contributed by atoms with Gasteiger partial charge in [-0.1, -0.05) is 18.2 Å². The van der Waals surface area contributed by atoms with Gasteiger partial charge in [0.05, 0.1) is 18.7 Å². The highest BCUT2D eigenvalue weighted by molar-refractivity contribution is 6.03. The zero-order valence-electron chi connectivity index (χ0n) is 17.5. The van der Waals surface area contributed by atoms with E-state index in [0.717, 1.165) is 11.1 Å². The average Bonchev–Trinajstić information content (AvgIpc) is 2.90. The van der Waals surface area contributed by atoms with Crippen LogP contribution in [0.2, 0.25) is 0 Å². The van der Waals surface area contributed by atoms with Crippen molar-refractivity contribution in [1.82, 2.24) is 9.88 Å². The number of hydrogen-bond donors (Lipinski definition) is 1. The zero-order chi connectivity index (χ0) is 22.7. The molecule has 32 heavy (non-hydrogen) atoms. The third-order valence-electron chi connectivity index (χ3n) is 5.62. The maximum Gasteiger partial charge on any atom is 0.335 e. The number of Topliss-reactive ketones (excluding diaryl/α,β-unsaturated/α-hetero) is 1. The molecule has 0 fully saturated rings. The number of ether oxygens (including phenoxy) is 1. The molecule has 2 aromatic carbocycles. The molecule has 0 saturated heterocycles. The van der Waals surface area contributed by atoms with Crippen LogP contribution in [-0.4, -0.2) is 45.8 Å². The Balaban J connectivity index is 1.73. The average molecular weight is 430 g/mol. The van der Waals surface area contributed by atoms with Gasteiger partial charge in [-0.3, -0.25) is 14.6 Å². The summed E-state index contributed by atoms with van der Waals surface area (Å²) in [6, 6.07) is 14.5. The summed E-state index contributed by atoms with van der Waals surface area (Å²) in [5.41, 5.74) is 2.86. The lowest BCUT2D eigenvalue weighted by molar-refractivity contribution is -0.122. The van der Waals surface area contributed by atoms with Crippen molar-refractivity contribution in [2.24, 2.45) is 0 Å². The van der Waals surface area contributed by atoms with E-state index in [1.807, 2.05) is 6.07 Å². The summed E-state index contributed by atoms with van der Waals surface area (Å²) in [5.74, 6) is -0.748. The number of fused-ring (bicyclic) bond motifs is 1. The molecule has 1 amide bonds. The first-order valence-electron chi connectivity index (χ1n) is 10.2. The number of pyridine rings is 1. The van der Waals surface area contributed by atoms with E-state index in [1.165, 1.54) is 12.1 Å². The molecule has 7 nitrogen and oxygen atoms in total. The number of carboxylic acids is 1. The fourth-order valence-corrected chi connectivity index (χ4v) is 3.93. The minimum atomic E-state index is -1.02. The molecule has 162 valence electrons. The molecular formula is C25H22N2O5. The highest BCUT2D eigenvalue weighted by atomic mass is 16.5. The summed E-state index contributed by atoms with van der Waals surface area (Å²) in [6.07, 6.45) is 3.82. The van der Waals surface area contributed by atoms with E-state index in [2.05, 4.69) is 4.98 Å². The molecule has 1 N–H and O–H groups in total. The second-order valence-electron chi connectivity index (χ2n) is 7.68. The molecule has 0 aliphatic carbocycles. The number of benzene rings is 2. The summed E-state index contributed by atoms with van der Waals surface area (Å²) in [6.45, 7) is 0.181. The van der Waals surface area contributed by atoms with Crippen molar-refractivity contribution in [3.63, 3.8) is 0 Å². The van der Waals surface area contributed by atoms with Crippen LogP contribution in [0.25, 0.3) is 0 Å². The normalized spacial score (nSPS) is 15.8. The number of hydrogen-bond acceptors (Lipinski definition) is 5. The molecular weight excluding hydrogens is 408 g/mol. The van der Waals surface area contributed by atoms with E-state index in [4.69, 9.17) is 9.84 Å². The van der Waals surface area contributed by atoms with Gasteiger partial charge in [-0.05, 0) is 53.1 Å². The van der Waals surface area contributed by atoms with Gasteiger partial charge < -0.3 is 14.7 Å². The number of rotatable bonds is 6. The minimum Gasteiger partial charge on any atom is -0.497 e. The monoisotopic (exact) mass is 430 g/mol. The Labute approximate surface area is 185 Å². The van der Waals surface area contributed by atoms with E-state index in [-0.39, 0.29) is 30.2 Å². The van der Waals surface area contributed by atoms with Gasteiger partial charge in [-0.25, -0.2) is 4.79 Å². The van der Waals surface area contributed by atoms with Gasteiger partial charge >= 0.3 is 5.97 Å². The third kappa shape index (κ3) is 4.37.